The van der Waals surface area contributed by atoms with E-state index in [1.807, 2.05) is 122 Å². The monoisotopic (exact) mass is 834 g/mol. The fraction of sp³-hybridized carbons (Fsp3) is 0.750. The molecule has 0 saturated carbocycles. The highest BCUT2D eigenvalue weighted by Gasteiger charge is 2.31. The lowest BCUT2D eigenvalue weighted by molar-refractivity contribution is -0.160. The van der Waals surface area contributed by atoms with Crippen molar-refractivity contribution in [2.45, 2.75) is 143 Å². The molecule has 1 aliphatic rings. The molecule has 1 aliphatic heterocycles. The van der Waals surface area contributed by atoms with Crippen LogP contribution in [0.1, 0.15) is 107 Å². The molecule has 0 radical (unpaired) electrons. The molecule has 1 heterocycles. The van der Waals surface area contributed by atoms with Gasteiger partial charge in [-0.1, -0.05) is 24.3 Å². The molecule has 0 amide bonds. The molecule has 15 heteroatoms. The van der Waals surface area contributed by atoms with E-state index in [4.69, 9.17) is 29.8 Å². The van der Waals surface area contributed by atoms with E-state index in [-0.39, 0.29) is 44.2 Å². The smallest absolute Gasteiger partial charge is 0.320 e. The van der Waals surface area contributed by atoms with E-state index in [9.17, 15) is 24.0 Å². The summed E-state index contributed by atoms with van der Waals surface area (Å²) in [7, 11) is 0. The average molecular weight is 834 g/mol. The molecule has 15 nitrogen and oxygen atoms in total. The predicted octanol–water partition coefficient (Wildman–Crippen LogP) is 3.92. The highest BCUT2D eigenvalue weighted by molar-refractivity contribution is 5.74. The van der Waals surface area contributed by atoms with E-state index in [1.165, 1.54) is 0 Å². The SMILES string of the molecule is CC(C)(C)OC(=O)CN1CCN(CC(=O)OC(C)(C)C)CCN(CC(=O)OC(C)(C)C)C(Cc2ccc(CCCC(N)C(=O)O)cc2)CN(CC(=O)OC(C)(C)C)CC1. The number of hydrogen-bond donors (Lipinski definition) is 2. The summed E-state index contributed by atoms with van der Waals surface area (Å²) in [5.41, 5.74) is 4.98. The number of ether oxygens (including phenoxy) is 4. The average Bonchev–Trinajstić information content (AvgIpc) is 3.03. The molecular weight excluding hydrogens is 759 g/mol. The summed E-state index contributed by atoms with van der Waals surface area (Å²) in [5, 5.41) is 9.17. The Morgan fingerprint density at radius 3 is 1.36 bits per heavy atom. The number of carboxylic acid groups (broad SMARTS) is 1. The third kappa shape index (κ3) is 23.7. The quantitative estimate of drug-likeness (QED) is 0.192. The van der Waals surface area contributed by atoms with Crippen LogP contribution in [0.2, 0.25) is 0 Å². The van der Waals surface area contributed by atoms with Crippen LogP contribution in [0.25, 0.3) is 0 Å². The lowest BCUT2D eigenvalue weighted by Gasteiger charge is -2.39. The Bertz CT molecular complexity index is 1510. The maximum Gasteiger partial charge on any atom is 0.320 e. The van der Waals surface area contributed by atoms with Crippen molar-refractivity contribution >= 4 is 29.8 Å². The molecule has 0 bridgehead atoms. The normalized spacial score (nSPS) is 18.2. The van der Waals surface area contributed by atoms with Gasteiger partial charge in [-0.25, -0.2) is 0 Å². The lowest BCUT2D eigenvalue weighted by atomic mass is 9.99. The molecule has 0 spiro atoms. The van der Waals surface area contributed by atoms with Crippen LogP contribution in [0.15, 0.2) is 24.3 Å². The predicted molar refractivity (Wildman–Crippen MR) is 227 cm³/mol. The van der Waals surface area contributed by atoms with Crippen LogP contribution in [0.3, 0.4) is 0 Å². The van der Waals surface area contributed by atoms with Gasteiger partial charge in [0, 0.05) is 51.9 Å². The molecule has 59 heavy (non-hydrogen) atoms. The van der Waals surface area contributed by atoms with E-state index >= 15 is 0 Å². The van der Waals surface area contributed by atoms with Crippen LogP contribution in [-0.4, -0.2) is 161 Å². The van der Waals surface area contributed by atoms with Crippen molar-refractivity contribution in [2.24, 2.45) is 5.73 Å². The number of aryl methyl sites for hydroxylation is 1. The second-order valence-corrected chi connectivity index (χ2v) is 19.6. The van der Waals surface area contributed by atoms with Gasteiger partial charge in [0.1, 0.15) is 28.4 Å². The Hall–Kier alpha value is -3.63. The summed E-state index contributed by atoms with van der Waals surface area (Å²) in [6, 6.07) is 6.88. The molecule has 3 N–H and O–H groups in total. The third-order valence-electron chi connectivity index (χ3n) is 9.02. The second kappa shape index (κ2) is 22.8. The van der Waals surface area contributed by atoms with E-state index in [0.717, 1.165) is 11.1 Å². The first-order valence-corrected chi connectivity index (χ1v) is 20.9. The highest BCUT2D eigenvalue weighted by atomic mass is 16.6. The minimum absolute atomic E-state index is 0.00604. The summed E-state index contributed by atoms with van der Waals surface area (Å²) >= 11 is 0. The topological polar surface area (TPSA) is 181 Å². The van der Waals surface area contributed by atoms with E-state index < -0.39 is 46.4 Å². The zero-order chi connectivity index (χ0) is 44.8. The Labute approximate surface area is 353 Å². The number of carboxylic acids is 1. The van der Waals surface area contributed by atoms with Crippen LogP contribution in [0.5, 0.6) is 0 Å². The van der Waals surface area contributed by atoms with Gasteiger partial charge in [-0.05, 0) is 120 Å². The first-order chi connectivity index (χ1) is 27.1. The summed E-state index contributed by atoms with van der Waals surface area (Å²) in [4.78, 5) is 72.6. The summed E-state index contributed by atoms with van der Waals surface area (Å²) in [6.45, 7) is 24.6. The Morgan fingerprint density at radius 2 is 0.949 bits per heavy atom. The van der Waals surface area contributed by atoms with Crippen LogP contribution < -0.4 is 5.73 Å². The fourth-order valence-corrected chi connectivity index (χ4v) is 6.58. The summed E-state index contributed by atoms with van der Waals surface area (Å²) in [6.07, 6.45) is 2.17. The molecule has 2 unspecified atom stereocenters. The first-order valence-electron chi connectivity index (χ1n) is 20.9. The van der Waals surface area contributed by atoms with Gasteiger partial charge < -0.3 is 29.8 Å². The number of aliphatic carboxylic acids is 1. The molecule has 336 valence electrons. The van der Waals surface area contributed by atoms with E-state index in [1.54, 1.807) is 0 Å². The largest absolute Gasteiger partial charge is 0.480 e. The number of esters is 4. The van der Waals surface area contributed by atoms with E-state index in [0.29, 0.717) is 71.5 Å². The molecule has 1 fully saturated rings. The van der Waals surface area contributed by atoms with Gasteiger partial charge in [0.2, 0.25) is 0 Å². The number of nitrogens with two attached hydrogens (primary N) is 1. The van der Waals surface area contributed by atoms with Crippen molar-refractivity contribution in [1.82, 2.24) is 19.6 Å². The number of nitrogens with zero attached hydrogens (tertiary/aromatic N) is 4. The van der Waals surface area contributed by atoms with Gasteiger partial charge in [0.05, 0.1) is 26.2 Å². The van der Waals surface area contributed by atoms with Gasteiger partial charge in [0.15, 0.2) is 0 Å². The maximum absolute atomic E-state index is 13.6. The number of benzene rings is 1. The molecule has 2 rings (SSSR count). The van der Waals surface area contributed by atoms with Crippen LogP contribution in [0, 0.1) is 0 Å². The molecule has 0 aromatic heterocycles. The van der Waals surface area contributed by atoms with Gasteiger partial charge in [-0.2, -0.15) is 0 Å². The first kappa shape index (κ1) is 51.5. The standard InChI is InChI=1S/C44H75N5O10/c1-41(2,3)56-36(50)28-46-20-21-47(29-37(51)57-42(4,5)6)24-25-49(31-39(53)59-44(10,11)12)34(27-48(23-22-46)30-38(52)58-43(7,8)9)26-33-18-16-32(17-19-33)14-13-15-35(45)40(54)55/h16-19,34-35H,13-15,20-31,45H2,1-12H3,(H,54,55). The van der Waals surface area contributed by atoms with Gasteiger partial charge in [-0.15, -0.1) is 0 Å². The van der Waals surface area contributed by atoms with Gasteiger partial charge >= 0.3 is 29.8 Å². The number of rotatable bonds is 15. The van der Waals surface area contributed by atoms with Gasteiger partial charge in [0.25, 0.3) is 0 Å². The number of carbonyl (C=O) groups is 5. The highest BCUT2D eigenvalue weighted by Crippen LogP contribution is 2.18. The molecule has 1 saturated heterocycles. The molecule has 1 aromatic rings. The number of carbonyl (C=O) groups excluding carboxylic acids is 4. The van der Waals surface area contributed by atoms with E-state index in [2.05, 4.69) is 4.90 Å². The molecular formula is C44H75N5O10. The van der Waals surface area contributed by atoms with Crippen molar-refractivity contribution in [3.05, 3.63) is 35.4 Å². The maximum atomic E-state index is 13.6. The Kier molecular flexibility index (Phi) is 19.9. The molecule has 2 atom stereocenters. The molecule has 0 aliphatic carbocycles. The number of hydrogen-bond acceptors (Lipinski definition) is 14. The minimum atomic E-state index is -1.02. The zero-order valence-electron chi connectivity index (χ0n) is 38.1. The van der Waals surface area contributed by atoms with Crippen LogP contribution >= 0.6 is 0 Å². The lowest BCUT2D eigenvalue weighted by Crippen LogP contribution is -2.54. The van der Waals surface area contributed by atoms with Crippen molar-refractivity contribution in [2.75, 3.05) is 72.0 Å². The Morgan fingerprint density at radius 1 is 0.593 bits per heavy atom. The van der Waals surface area contributed by atoms with Crippen molar-refractivity contribution in [3.8, 4) is 0 Å². The van der Waals surface area contributed by atoms with Crippen molar-refractivity contribution in [1.29, 1.82) is 0 Å². The van der Waals surface area contributed by atoms with Crippen LogP contribution in [0.4, 0.5) is 0 Å². The fourth-order valence-electron chi connectivity index (χ4n) is 6.58. The summed E-state index contributed by atoms with van der Waals surface area (Å²) in [5.74, 6) is -2.57. The minimum Gasteiger partial charge on any atom is -0.480 e. The summed E-state index contributed by atoms with van der Waals surface area (Å²) < 4.78 is 23.0. The van der Waals surface area contributed by atoms with Crippen LogP contribution in [-0.2, 0) is 55.8 Å². The zero-order valence-corrected chi connectivity index (χ0v) is 38.1. The molecule has 1 aromatic carbocycles. The second-order valence-electron chi connectivity index (χ2n) is 19.6. The van der Waals surface area contributed by atoms with Crippen molar-refractivity contribution in [3.63, 3.8) is 0 Å². The van der Waals surface area contributed by atoms with Crippen molar-refractivity contribution < 1.29 is 48.0 Å². The third-order valence-corrected chi connectivity index (χ3v) is 9.02. The Balaban J connectivity index is 2.60. The van der Waals surface area contributed by atoms with Gasteiger partial charge in [-0.3, -0.25) is 43.6 Å².